The first-order chi connectivity index (χ1) is 12.0. The van der Waals surface area contributed by atoms with Crippen LogP contribution in [0.1, 0.15) is 22.7 Å². The highest BCUT2D eigenvalue weighted by molar-refractivity contribution is 7.89. The van der Waals surface area contributed by atoms with Crippen LogP contribution in [0.4, 0.5) is 0 Å². The standard InChI is InChI=1S/C18H24N2O3S2/c1-14-3-4-17(11-15(14)2)25(21,22)19-12-18(16-5-10-24-13-16)20-6-8-23-9-7-20/h3-5,10-11,13,18-19H,6-9,12H2,1-2H3. The predicted molar refractivity (Wildman–Crippen MR) is 101 cm³/mol. The first-order valence-electron chi connectivity index (χ1n) is 8.38. The smallest absolute Gasteiger partial charge is 0.240 e. The number of ether oxygens (including phenoxy) is 1. The van der Waals surface area contributed by atoms with Crippen molar-refractivity contribution >= 4 is 21.4 Å². The molecule has 0 aliphatic carbocycles. The lowest BCUT2D eigenvalue weighted by Gasteiger charge is -2.34. The van der Waals surface area contributed by atoms with Crippen molar-refractivity contribution in [2.75, 3.05) is 32.8 Å². The predicted octanol–water partition coefficient (Wildman–Crippen LogP) is 2.72. The van der Waals surface area contributed by atoms with E-state index in [0.717, 1.165) is 29.8 Å². The Morgan fingerprint density at radius 1 is 1.20 bits per heavy atom. The second kappa shape index (κ2) is 7.97. The summed E-state index contributed by atoms with van der Waals surface area (Å²) in [6.07, 6.45) is 0. The van der Waals surface area contributed by atoms with Gasteiger partial charge in [0.1, 0.15) is 0 Å². The second-order valence-electron chi connectivity index (χ2n) is 6.32. The fraction of sp³-hybridized carbons (Fsp3) is 0.444. The van der Waals surface area contributed by atoms with Crippen LogP contribution in [0.3, 0.4) is 0 Å². The quantitative estimate of drug-likeness (QED) is 0.837. The van der Waals surface area contributed by atoms with Crippen LogP contribution in [0.2, 0.25) is 0 Å². The van der Waals surface area contributed by atoms with Crippen molar-refractivity contribution in [1.29, 1.82) is 0 Å². The molecule has 0 spiro atoms. The van der Waals surface area contributed by atoms with Gasteiger partial charge in [0.25, 0.3) is 0 Å². The highest BCUT2D eigenvalue weighted by atomic mass is 32.2. The van der Waals surface area contributed by atoms with Crippen molar-refractivity contribution < 1.29 is 13.2 Å². The van der Waals surface area contributed by atoms with E-state index in [-0.39, 0.29) is 6.04 Å². The average Bonchev–Trinajstić information content (AvgIpc) is 3.12. The molecule has 1 N–H and O–H groups in total. The van der Waals surface area contributed by atoms with Gasteiger partial charge in [-0.2, -0.15) is 11.3 Å². The van der Waals surface area contributed by atoms with Gasteiger partial charge in [0.15, 0.2) is 0 Å². The fourth-order valence-corrected chi connectivity index (χ4v) is 4.79. The largest absolute Gasteiger partial charge is 0.379 e. The number of nitrogens with zero attached hydrogens (tertiary/aromatic N) is 1. The molecule has 5 nitrogen and oxygen atoms in total. The van der Waals surface area contributed by atoms with E-state index in [2.05, 4.69) is 21.1 Å². The molecule has 1 unspecified atom stereocenters. The minimum atomic E-state index is -3.53. The second-order valence-corrected chi connectivity index (χ2v) is 8.87. The van der Waals surface area contributed by atoms with Gasteiger partial charge in [0.05, 0.1) is 18.1 Å². The number of nitrogens with one attached hydrogen (secondary N) is 1. The molecule has 1 saturated heterocycles. The number of sulfonamides is 1. The third-order valence-electron chi connectivity index (χ3n) is 4.67. The molecule has 1 aromatic heterocycles. The van der Waals surface area contributed by atoms with Gasteiger partial charge < -0.3 is 4.74 Å². The molecule has 7 heteroatoms. The Bertz CT molecular complexity index is 798. The Labute approximate surface area is 153 Å². The van der Waals surface area contributed by atoms with E-state index >= 15 is 0 Å². The first kappa shape index (κ1) is 18.5. The molecule has 0 radical (unpaired) electrons. The molecule has 1 aliphatic rings. The number of rotatable bonds is 6. The van der Waals surface area contributed by atoms with Crippen LogP contribution in [0.5, 0.6) is 0 Å². The lowest BCUT2D eigenvalue weighted by Crippen LogP contribution is -2.43. The minimum Gasteiger partial charge on any atom is -0.379 e. The molecule has 1 aromatic carbocycles. The zero-order valence-electron chi connectivity index (χ0n) is 14.6. The molecule has 136 valence electrons. The summed E-state index contributed by atoms with van der Waals surface area (Å²) in [5.41, 5.74) is 3.21. The van der Waals surface area contributed by atoms with Gasteiger partial charge >= 0.3 is 0 Å². The number of hydrogen-bond acceptors (Lipinski definition) is 5. The zero-order valence-corrected chi connectivity index (χ0v) is 16.2. The lowest BCUT2D eigenvalue weighted by atomic mass is 10.1. The summed E-state index contributed by atoms with van der Waals surface area (Å²) in [5.74, 6) is 0. The number of morpholine rings is 1. The van der Waals surface area contributed by atoms with E-state index in [4.69, 9.17) is 4.74 Å². The maximum Gasteiger partial charge on any atom is 0.240 e. The zero-order chi connectivity index (χ0) is 17.9. The highest BCUT2D eigenvalue weighted by Gasteiger charge is 2.25. The molecule has 2 aromatic rings. The van der Waals surface area contributed by atoms with Crippen LogP contribution in [-0.2, 0) is 14.8 Å². The summed E-state index contributed by atoms with van der Waals surface area (Å²) in [4.78, 5) is 2.61. The highest BCUT2D eigenvalue weighted by Crippen LogP contribution is 2.24. The van der Waals surface area contributed by atoms with E-state index in [0.29, 0.717) is 24.7 Å². The van der Waals surface area contributed by atoms with Crippen molar-refractivity contribution in [3.8, 4) is 0 Å². The van der Waals surface area contributed by atoms with Gasteiger partial charge in [0, 0.05) is 25.7 Å². The SMILES string of the molecule is Cc1ccc(S(=O)(=O)NCC(c2ccsc2)N2CCOCC2)cc1C. The van der Waals surface area contributed by atoms with Crippen LogP contribution in [0.15, 0.2) is 39.9 Å². The van der Waals surface area contributed by atoms with Gasteiger partial charge in [0.2, 0.25) is 10.0 Å². The summed E-state index contributed by atoms with van der Waals surface area (Å²) in [6, 6.07) is 7.33. The molecular weight excluding hydrogens is 356 g/mol. The first-order valence-corrected chi connectivity index (χ1v) is 10.8. The lowest BCUT2D eigenvalue weighted by molar-refractivity contribution is 0.0173. The topological polar surface area (TPSA) is 58.6 Å². The molecule has 3 rings (SSSR count). The molecule has 25 heavy (non-hydrogen) atoms. The molecule has 1 fully saturated rings. The Morgan fingerprint density at radius 3 is 2.60 bits per heavy atom. The van der Waals surface area contributed by atoms with Crippen molar-refractivity contribution in [2.45, 2.75) is 24.8 Å². The van der Waals surface area contributed by atoms with Crippen LogP contribution in [-0.4, -0.2) is 46.2 Å². The molecule has 0 bridgehead atoms. The van der Waals surface area contributed by atoms with E-state index < -0.39 is 10.0 Å². The summed E-state index contributed by atoms with van der Waals surface area (Å²) >= 11 is 1.63. The Hall–Kier alpha value is -1.25. The van der Waals surface area contributed by atoms with Crippen LogP contribution in [0, 0.1) is 13.8 Å². The van der Waals surface area contributed by atoms with Crippen LogP contribution < -0.4 is 4.72 Å². The van der Waals surface area contributed by atoms with E-state index in [1.165, 1.54) is 0 Å². The maximum absolute atomic E-state index is 12.7. The van der Waals surface area contributed by atoms with E-state index in [9.17, 15) is 8.42 Å². The number of thiophene rings is 1. The third kappa shape index (κ3) is 4.48. The normalized spacial score (nSPS) is 17.5. The Kier molecular flexibility index (Phi) is 5.91. The van der Waals surface area contributed by atoms with Crippen molar-refractivity contribution in [3.63, 3.8) is 0 Å². The van der Waals surface area contributed by atoms with Gasteiger partial charge in [-0.05, 0) is 59.5 Å². The molecule has 1 atom stereocenters. The summed E-state index contributed by atoms with van der Waals surface area (Å²) in [6.45, 7) is 7.25. The van der Waals surface area contributed by atoms with Crippen LogP contribution >= 0.6 is 11.3 Å². The van der Waals surface area contributed by atoms with Crippen LogP contribution in [0.25, 0.3) is 0 Å². The molecule has 1 aliphatic heterocycles. The Morgan fingerprint density at radius 2 is 1.96 bits per heavy atom. The van der Waals surface area contributed by atoms with Crippen molar-refractivity contribution in [3.05, 3.63) is 51.7 Å². The number of benzene rings is 1. The number of hydrogen-bond donors (Lipinski definition) is 1. The minimum absolute atomic E-state index is 0.0245. The van der Waals surface area contributed by atoms with Crippen molar-refractivity contribution in [1.82, 2.24) is 9.62 Å². The number of aryl methyl sites for hydroxylation is 2. The van der Waals surface area contributed by atoms with Crippen molar-refractivity contribution in [2.24, 2.45) is 0 Å². The summed E-state index contributed by atoms with van der Waals surface area (Å²) < 4.78 is 33.6. The monoisotopic (exact) mass is 380 g/mol. The van der Waals surface area contributed by atoms with Gasteiger partial charge in [-0.3, -0.25) is 4.90 Å². The van der Waals surface area contributed by atoms with E-state index in [1.54, 1.807) is 23.5 Å². The fourth-order valence-electron chi connectivity index (χ4n) is 2.96. The van der Waals surface area contributed by atoms with Gasteiger partial charge in [-0.15, -0.1) is 0 Å². The van der Waals surface area contributed by atoms with Gasteiger partial charge in [-0.1, -0.05) is 6.07 Å². The summed E-state index contributed by atoms with van der Waals surface area (Å²) in [5, 5.41) is 4.12. The third-order valence-corrected chi connectivity index (χ3v) is 6.79. The molecule has 0 amide bonds. The average molecular weight is 381 g/mol. The molecule has 0 saturated carbocycles. The molecular formula is C18H24N2O3S2. The van der Waals surface area contributed by atoms with Gasteiger partial charge in [-0.25, -0.2) is 13.1 Å². The summed E-state index contributed by atoms with van der Waals surface area (Å²) in [7, 11) is -3.53. The van der Waals surface area contributed by atoms with E-state index in [1.807, 2.05) is 25.3 Å². The maximum atomic E-state index is 12.7. The molecule has 2 heterocycles. The Balaban J connectivity index is 1.76.